The van der Waals surface area contributed by atoms with Crippen molar-refractivity contribution in [2.24, 2.45) is 5.10 Å². The molecule has 0 aliphatic carbocycles. The molecule has 1 N–H and O–H groups in total. The van der Waals surface area contributed by atoms with Crippen LogP contribution in [-0.4, -0.2) is 34.8 Å². The van der Waals surface area contributed by atoms with Crippen LogP contribution in [0.15, 0.2) is 76.7 Å². The summed E-state index contributed by atoms with van der Waals surface area (Å²) in [5.74, 6) is 0.136. The van der Waals surface area contributed by atoms with Gasteiger partial charge in [0.1, 0.15) is 10.6 Å². The molecule has 0 aromatic heterocycles. The fourth-order valence-electron chi connectivity index (χ4n) is 2.61. The molecule has 0 aliphatic heterocycles. The number of amides is 1. The van der Waals surface area contributed by atoms with Crippen LogP contribution in [0.5, 0.6) is 17.2 Å². The third-order valence-corrected chi connectivity index (χ3v) is 5.72. The molecule has 32 heavy (non-hydrogen) atoms. The van der Waals surface area contributed by atoms with Crippen LogP contribution in [0.25, 0.3) is 0 Å². The summed E-state index contributed by atoms with van der Waals surface area (Å²) in [4.78, 5) is 12.1. The normalized spacial score (nSPS) is 11.2. The SMILES string of the molecule is COc1ccc(C(=O)N/N=C/c2cc(Cl)c(OS(=O)(=O)c3ccccc3)c(OC)c2)cc1. The zero-order chi connectivity index (χ0) is 23.1. The highest BCUT2D eigenvalue weighted by Gasteiger charge is 2.21. The molecule has 0 saturated carbocycles. The molecular weight excluding hydrogens is 456 g/mol. The lowest BCUT2D eigenvalue weighted by atomic mass is 10.2. The van der Waals surface area contributed by atoms with Gasteiger partial charge in [-0.05, 0) is 54.1 Å². The first-order valence-electron chi connectivity index (χ1n) is 9.18. The van der Waals surface area contributed by atoms with Crippen LogP contribution >= 0.6 is 11.6 Å². The summed E-state index contributed by atoms with van der Waals surface area (Å²) in [6, 6.07) is 17.1. The largest absolute Gasteiger partial charge is 0.497 e. The number of halogens is 1. The summed E-state index contributed by atoms with van der Waals surface area (Å²) in [5.41, 5.74) is 3.24. The first-order valence-corrected chi connectivity index (χ1v) is 11.0. The molecule has 3 rings (SSSR count). The molecule has 1 amide bonds. The monoisotopic (exact) mass is 474 g/mol. The molecule has 0 spiro atoms. The molecule has 0 fully saturated rings. The Morgan fingerprint density at radius 1 is 1.00 bits per heavy atom. The molecule has 0 atom stereocenters. The van der Waals surface area contributed by atoms with E-state index in [9.17, 15) is 13.2 Å². The molecular formula is C22H19ClN2O6S. The molecule has 0 heterocycles. The second kappa shape index (κ2) is 10.2. The highest BCUT2D eigenvalue weighted by molar-refractivity contribution is 7.87. The lowest BCUT2D eigenvalue weighted by Gasteiger charge is -2.13. The third-order valence-electron chi connectivity index (χ3n) is 4.21. The Labute approximate surface area is 190 Å². The number of nitrogens with one attached hydrogen (secondary N) is 1. The molecule has 10 heteroatoms. The first kappa shape index (κ1) is 23.1. The predicted molar refractivity (Wildman–Crippen MR) is 120 cm³/mol. The molecule has 0 radical (unpaired) electrons. The number of benzene rings is 3. The van der Waals surface area contributed by atoms with Crippen molar-refractivity contribution in [3.63, 3.8) is 0 Å². The van der Waals surface area contributed by atoms with Crippen LogP contribution in [0.2, 0.25) is 5.02 Å². The topological polar surface area (TPSA) is 103 Å². The van der Waals surface area contributed by atoms with Crippen molar-refractivity contribution in [2.45, 2.75) is 4.90 Å². The van der Waals surface area contributed by atoms with E-state index < -0.39 is 16.0 Å². The highest BCUT2D eigenvalue weighted by atomic mass is 35.5. The van der Waals surface area contributed by atoms with Gasteiger partial charge in [0, 0.05) is 5.56 Å². The van der Waals surface area contributed by atoms with Crippen molar-refractivity contribution >= 4 is 33.8 Å². The average molecular weight is 475 g/mol. The standard InChI is InChI=1S/C22H19ClN2O6S/c1-29-17-10-8-16(9-11-17)22(26)25-24-14-15-12-19(23)21(20(13-15)30-2)31-32(27,28)18-6-4-3-5-7-18/h3-14H,1-2H3,(H,25,26)/b24-14+. The summed E-state index contributed by atoms with van der Waals surface area (Å²) in [5, 5.41) is 3.89. The van der Waals surface area contributed by atoms with Crippen molar-refractivity contribution in [1.82, 2.24) is 5.43 Å². The number of hydrazone groups is 1. The molecule has 0 unspecified atom stereocenters. The van der Waals surface area contributed by atoms with E-state index in [1.807, 2.05) is 0 Å². The zero-order valence-corrected chi connectivity index (χ0v) is 18.7. The molecule has 0 saturated heterocycles. The molecule has 3 aromatic rings. The number of carbonyl (C=O) groups excluding carboxylic acids is 1. The summed E-state index contributed by atoms with van der Waals surface area (Å²) >= 11 is 6.24. The van der Waals surface area contributed by atoms with E-state index in [1.165, 1.54) is 44.7 Å². The quantitative estimate of drug-likeness (QED) is 0.302. The predicted octanol–water partition coefficient (Wildman–Crippen LogP) is 3.89. The molecule has 0 bridgehead atoms. The Hall–Kier alpha value is -3.56. The number of methoxy groups -OCH3 is 2. The summed E-state index contributed by atoms with van der Waals surface area (Å²) < 4.78 is 40.5. The third kappa shape index (κ3) is 5.57. The number of nitrogens with zero attached hydrogens (tertiary/aromatic N) is 1. The van der Waals surface area contributed by atoms with Crippen LogP contribution < -0.4 is 19.1 Å². The lowest BCUT2D eigenvalue weighted by Crippen LogP contribution is -2.17. The number of hydrogen-bond donors (Lipinski definition) is 1. The summed E-state index contributed by atoms with van der Waals surface area (Å²) in [6.07, 6.45) is 1.34. The Morgan fingerprint density at radius 2 is 1.69 bits per heavy atom. The Morgan fingerprint density at radius 3 is 2.31 bits per heavy atom. The van der Waals surface area contributed by atoms with Gasteiger partial charge in [-0.1, -0.05) is 29.8 Å². The van der Waals surface area contributed by atoms with Crippen molar-refractivity contribution in [3.05, 3.63) is 82.9 Å². The Bertz CT molecular complexity index is 1230. The first-order chi connectivity index (χ1) is 15.3. The fraction of sp³-hybridized carbons (Fsp3) is 0.0909. The van der Waals surface area contributed by atoms with Gasteiger partial charge in [0.25, 0.3) is 5.91 Å². The van der Waals surface area contributed by atoms with E-state index in [0.717, 1.165) is 0 Å². The van der Waals surface area contributed by atoms with E-state index in [0.29, 0.717) is 16.9 Å². The van der Waals surface area contributed by atoms with Crippen molar-refractivity contribution < 1.29 is 26.9 Å². The number of carbonyl (C=O) groups is 1. The van der Waals surface area contributed by atoms with Crippen LogP contribution in [0.3, 0.4) is 0 Å². The van der Waals surface area contributed by atoms with Crippen molar-refractivity contribution in [1.29, 1.82) is 0 Å². The maximum atomic E-state index is 12.5. The van der Waals surface area contributed by atoms with Crippen LogP contribution in [0.4, 0.5) is 0 Å². The molecule has 8 nitrogen and oxygen atoms in total. The van der Waals surface area contributed by atoms with Gasteiger partial charge in [-0.25, -0.2) is 5.43 Å². The number of ether oxygens (including phenoxy) is 2. The Kier molecular flexibility index (Phi) is 7.34. The number of rotatable bonds is 8. The Balaban J connectivity index is 1.76. The van der Waals surface area contributed by atoms with E-state index in [2.05, 4.69) is 10.5 Å². The van der Waals surface area contributed by atoms with Gasteiger partial charge < -0.3 is 13.7 Å². The summed E-state index contributed by atoms with van der Waals surface area (Å²) in [7, 11) is -1.23. The second-order valence-corrected chi connectivity index (χ2v) is 8.27. The van der Waals surface area contributed by atoms with E-state index in [-0.39, 0.29) is 21.4 Å². The fourth-order valence-corrected chi connectivity index (χ4v) is 3.89. The molecule has 166 valence electrons. The number of hydrogen-bond acceptors (Lipinski definition) is 7. The van der Waals surface area contributed by atoms with Crippen LogP contribution in [0, 0.1) is 0 Å². The molecule has 3 aromatic carbocycles. The lowest BCUT2D eigenvalue weighted by molar-refractivity contribution is 0.0955. The van der Waals surface area contributed by atoms with E-state index in [1.54, 1.807) is 42.5 Å². The van der Waals surface area contributed by atoms with Gasteiger partial charge in [-0.3, -0.25) is 4.79 Å². The highest BCUT2D eigenvalue weighted by Crippen LogP contribution is 2.38. The van der Waals surface area contributed by atoms with Crippen LogP contribution in [-0.2, 0) is 10.1 Å². The maximum Gasteiger partial charge on any atom is 0.339 e. The summed E-state index contributed by atoms with van der Waals surface area (Å²) in [6.45, 7) is 0. The second-order valence-electron chi connectivity index (χ2n) is 6.31. The minimum absolute atomic E-state index is 0.00760. The average Bonchev–Trinajstić information content (AvgIpc) is 2.81. The van der Waals surface area contributed by atoms with E-state index >= 15 is 0 Å². The van der Waals surface area contributed by atoms with Gasteiger partial charge in [0.15, 0.2) is 5.75 Å². The minimum atomic E-state index is -4.11. The van der Waals surface area contributed by atoms with Gasteiger partial charge in [0.05, 0.1) is 25.5 Å². The molecule has 0 aliphatic rings. The minimum Gasteiger partial charge on any atom is -0.497 e. The van der Waals surface area contributed by atoms with E-state index in [4.69, 9.17) is 25.3 Å². The maximum absolute atomic E-state index is 12.5. The van der Waals surface area contributed by atoms with Gasteiger partial charge >= 0.3 is 10.1 Å². The van der Waals surface area contributed by atoms with Gasteiger partial charge in [-0.2, -0.15) is 13.5 Å². The van der Waals surface area contributed by atoms with Crippen molar-refractivity contribution in [3.8, 4) is 17.2 Å². The smallest absolute Gasteiger partial charge is 0.339 e. The van der Waals surface area contributed by atoms with Gasteiger partial charge in [0.2, 0.25) is 5.75 Å². The van der Waals surface area contributed by atoms with Crippen molar-refractivity contribution in [2.75, 3.05) is 14.2 Å². The zero-order valence-electron chi connectivity index (χ0n) is 17.1. The van der Waals surface area contributed by atoms with Gasteiger partial charge in [-0.15, -0.1) is 0 Å². The van der Waals surface area contributed by atoms with Crippen LogP contribution in [0.1, 0.15) is 15.9 Å².